The topological polar surface area (TPSA) is 83.9 Å². The van der Waals surface area contributed by atoms with Crippen LogP contribution in [0.25, 0.3) is 0 Å². The first-order valence-electron chi connectivity index (χ1n) is 8.70. The molecule has 0 bridgehead atoms. The number of hydrogen-bond donors (Lipinski definition) is 1. The van der Waals surface area contributed by atoms with Crippen LogP contribution in [-0.4, -0.2) is 37.3 Å². The Morgan fingerprint density at radius 1 is 1.12 bits per heavy atom. The molecule has 0 aromatic carbocycles. The van der Waals surface area contributed by atoms with Gasteiger partial charge in [0, 0.05) is 36.1 Å². The molecule has 2 aromatic heterocycles. The molecule has 3 heterocycles. The molecule has 0 saturated carbocycles. The largest absolute Gasteiger partial charge is 0.332 e. The molecule has 3 rings (SSSR count). The van der Waals surface area contributed by atoms with E-state index in [1.807, 2.05) is 44.7 Å². The predicted molar refractivity (Wildman–Crippen MR) is 95.5 cm³/mol. The Labute approximate surface area is 147 Å². The molecule has 1 aliphatic rings. The highest BCUT2D eigenvalue weighted by Crippen LogP contribution is 2.31. The monoisotopic (exact) mass is 340 g/mol. The maximum atomic E-state index is 12.2. The highest BCUT2D eigenvalue weighted by atomic mass is 16.2. The summed E-state index contributed by atoms with van der Waals surface area (Å²) in [5, 5.41) is 3.17. The van der Waals surface area contributed by atoms with Crippen LogP contribution in [0.4, 0.5) is 11.8 Å². The van der Waals surface area contributed by atoms with Gasteiger partial charge in [-0.25, -0.2) is 19.9 Å². The van der Waals surface area contributed by atoms with Crippen LogP contribution in [0.3, 0.4) is 0 Å². The average molecular weight is 340 g/mol. The molecule has 1 fully saturated rings. The first-order chi connectivity index (χ1) is 12.0. The quantitative estimate of drug-likeness (QED) is 0.921. The summed E-state index contributed by atoms with van der Waals surface area (Å²) in [5.74, 6) is 2.02. The summed E-state index contributed by atoms with van der Waals surface area (Å²) in [7, 11) is 0. The number of likely N-dealkylation sites (tertiary alicyclic amines) is 1. The minimum absolute atomic E-state index is 0.0481. The van der Waals surface area contributed by atoms with E-state index in [0.717, 1.165) is 36.5 Å². The number of hydrogen-bond acceptors (Lipinski definition) is 6. The van der Waals surface area contributed by atoms with Crippen molar-refractivity contribution in [3.63, 3.8) is 0 Å². The van der Waals surface area contributed by atoms with E-state index in [2.05, 4.69) is 25.3 Å². The number of nitrogens with one attached hydrogen (secondary N) is 1. The van der Waals surface area contributed by atoms with E-state index < -0.39 is 0 Å². The maximum Gasteiger partial charge on any atom is 0.228 e. The summed E-state index contributed by atoms with van der Waals surface area (Å²) in [4.78, 5) is 32.1. The number of carbonyl (C=O) groups is 1. The lowest BCUT2D eigenvalue weighted by molar-refractivity contribution is -0.131. The zero-order valence-electron chi connectivity index (χ0n) is 15.2. The lowest BCUT2D eigenvalue weighted by Gasteiger charge is -2.23. The second kappa shape index (κ2) is 7.13. The van der Waals surface area contributed by atoms with Gasteiger partial charge in [-0.15, -0.1) is 0 Å². The van der Waals surface area contributed by atoms with Crippen LogP contribution in [0.1, 0.15) is 55.1 Å². The number of aryl methyl sites for hydroxylation is 3. The summed E-state index contributed by atoms with van der Waals surface area (Å²) in [6, 6.07) is 3.74. The molecule has 0 spiro atoms. The smallest absolute Gasteiger partial charge is 0.228 e. The highest BCUT2D eigenvalue weighted by molar-refractivity contribution is 5.76. The van der Waals surface area contributed by atoms with Crippen molar-refractivity contribution in [3.8, 4) is 0 Å². The van der Waals surface area contributed by atoms with E-state index in [9.17, 15) is 4.79 Å². The molecule has 2 aromatic rings. The van der Waals surface area contributed by atoms with Crippen molar-refractivity contribution < 1.29 is 4.79 Å². The molecule has 0 radical (unpaired) electrons. The number of aromatic nitrogens is 4. The molecule has 0 unspecified atom stereocenters. The van der Waals surface area contributed by atoms with Gasteiger partial charge in [0.2, 0.25) is 11.9 Å². The minimum atomic E-state index is -0.0481. The SMILES string of the molecule is CCC(=O)N1CCC[C@H]1c1nc(C)cc(Nc2nc(C)cc(C)n2)n1. The normalized spacial score (nSPS) is 17.0. The molecule has 25 heavy (non-hydrogen) atoms. The van der Waals surface area contributed by atoms with Gasteiger partial charge >= 0.3 is 0 Å². The van der Waals surface area contributed by atoms with E-state index in [1.165, 1.54) is 0 Å². The Hall–Kier alpha value is -2.57. The van der Waals surface area contributed by atoms with E-state index in [-0.39, 0.29) is 11.9 Å². The van der Waals surface area contributed by atoms with Crippen LogP contribution in [0.15, 0.2) is 12.1 Å². The van der Waals surface area contributed by atoms with Crippen molar-refractivity contribution in [1.29, 1.82) is 0 Å². The number of nitrogens with zero attached hydrogens (tertiary/aromatic N) is 5. The molecular weight excluding hydrogens is 316 g/mol. The van der Waals surface area contributed by atoms with Crippen molar-refractivity contribution in [2.24, 2.45) is 0 Å². The van der Waals surface area contributed by atoms with Crippen LogP contribution in [-0.2, 0) is 4.79 Å². The molecule has 1 atom stereocenters. The van der Waals surface area contributed by atoms with Gasteiger partial charge in [-0.05, 0) is 39.7 Å². The zero-order chi connectivity index (χ0) is 18.0. The van der Waals surface area contributed by atoms with Gasteiger partial charge in [0.25, 0.3) is 0 Å². The fourth-order valence-corrected chi connectivity index (χ4v) is 3.24. The third-order valence-corrected chi connectivity index (χ3v) is 4.27. The predicted octanol–water partition coefficient (Wildman–Crippen LogP) is 3.01. The van der Waals surface area contributed by atoms with Gasteiger partial charge in [-0.3, -0.25) is 4.79 Å². The molecule has 1 saturated heterocycles. The van der Waals surface area contributed by atoms with Gasteiger partial charge in [0.15, 0.2) is 5.82 Å². The summed E-state index contributed by atoms with van der Waals surface area (Å²) >= 11 is 0. The summed E-state index contributed by atoms with van der Waals surface area (Å²) < 4.78 is 0. The fourth-order valence-electron chi connectivity index (χ4n) is 3.24. The number of carbonyl (C=O) groups excluding carboxylic acids is 1. The fraction of sp³-hybridized carbons (Fsp3) is 0.500. The highest BCUT2D eigenvalue weighted by Gasteiger charge is 2.31. The molecule has 1 aliphatic heterocycles. The lowest BCUT2D eigenvalue weighted by Crippen LogP contribution is -2.31. The Balaban J connectivity index is 1.89. The third kappa shape index (κ3) is 3.92. The zero-order valence-corrected chi connectivity index (χ0v) is 15.2. The van der Waals surface area contributed by atoms with Crippen molar-refractivity contribution in [2.45, 2.75) is 53.0 Å². The molecule has 0 aliphatic carbocycles. The molecule has 7 nitrogen and oxygen atoms in total. The van der Waals surface area contributed by atoms with Crippen LogP contribution >= 0.6 is 0 Å². The lowest BCUT2D eigenvalue weighted by atomic mass is 10.2. The van der Waals surface area contributed by atoms with Gasteiger partial charge in [0.1, 0.15) is 5.82 Å². The van der Waals surface area contributed by atoms with Gasteiger partial charge in [0.05, 0.1) is 6.04 Å². The van der Waals surface area contributed by atoms with Gasteiger partial charge in [-0.1, -0.05) is 6.92 Å². The van der Waals surface area contributed by atoms with Gasteiger partial charge < -0.3 is 10.2 Å². The summed E-state index contributed by atoms with van der Waals surface area (Å²) in [5.41, 5.74) is 2.65. The molecule has 7 heteroatoms. The van der Waals surface area contributed by atoms with E-state index in [1.54, 1.807) is 0 Å². The summed E-state index contributed by atoms with van der Waals surface area (Å²) in [6.45, 7) is 8.46. The van der Waals surface area contributed by atoms with E-state index in [0.29, 0.717) is 24.0 Å². The Bertz CT molecular complexity index is 771. The minimum Gasteiger partial charge on any atom is -0.332 e. The van der Waals surface area contributed by atoms with Crippen molar-refractivity contribution >= 4 is 17.7 Å². The van der Waals surface area contributed by atoms with Crippen molar-refractivity contribution in [2.75, 3.05) is 11.9 Å². The van der Waals surface area contributed by atoms with E-state index >= 15 is 0 Å². The molecule has 1 amide bonds. The molecular formula is C18H24N6O. The van der Waals surface area contributed by atoms with Crippen LogP contribution in [0.2, 0.25) is 0 Å². The second-order valence-corrected chi connectivity index (χ2v) is 6.45. The number of rotatable bonds is 4. The van der Waals surface area contributed by atoms with Gasteiger partial charge in [-0.2, -0.15) is 0 Å². The average Bonchev–Trinajstić information content (AvgIpc) is 3.02. The first-order valence-corrected chi connectivity index (χ1v) is 8.70. The van der Waals surface area contributed by atoms with Crippen LogP contribution in [0, 0.1) is 20.8 Å². The third-order valence-electron chi connectivity index (χ3n) is 4.27. The first kappa shape index (κ1) is 17.3. The Morgan fingerprint density at radius 2 is 1.80 bits per heavy atom. The summed E-state index contributed by atoms with van der Waals surface area (Å²) in [6.07, 6.45) is 2.38. The molecule has 1 N–H and O–H groups in total. The Kier molecular flexibility index (Phi) is 4.92. The second-order valence-electron chi connectivity index (χ2n) is 6.45. The Morgan fingerprint density at radius 3 is 2.48 bits per heavy atom. The van der Waals surface area contributed by atoms with Crippen molar-refractivity contribution in [3.05, 3.63) is 35.0 Å². The molecule has 132 valence electrons. The van der Waals surface area contributed by atoms with E-state index in [4.69, 9.17) is 0 Å². The standard InChI is InChI=1S/C18H24N6O/c1-5-16(25)24-8-6-7-14(24)17-19-13(4)10-15(22-17)23-18-20-11(2)9-12(3)21-18/h9-10,14H,5-8H2,1-4H3,(H,19,20,21,22,23)/t14-/m0/s1. The van der Waals surface area contributed by atoms with Crippen molar-refractivity contribution in [1.82, 2.24) is 24.8 Å². The maximum absolute atomic E-state index is 12.2. The number of anilines is 2. The number of amides is 1. The van der Waals surface area contributed by atoms with Crippen LogP contribution < -0.4 is 5.32 Å². The van der Waals surface area contributed by atoms with Crippen LogP contribution in [0.5, 0.6) is 0 Å².